The van der Waals surface area contributed by atoms with Gasteiger partial charge in [-0.3, -0.25) is 4.90 Å². The van der Waals surface area contributed by atoms with E-state index in [1.165, 1.54) is 32.4 Å². The minimum atomic E-state index is 0.492. The van der Waals surface area contributed by atoms with Crippen molar-refractivity contribution in [1.29, 1.82) is 0 Å². The molecule has 1 saturated heterocycles. The van der Waals surface area contributed by atoms with Gasteiger partial charge in [0.2, 0.25) is 5.88 Å². The Morgan fingerprint density at radius 1 is 1.26 bits per heavy atom. The minimum absolute atomic E-state index is 0.492. The molecule has 0 saturated carbocycles. The van der Waals surface area contributed by atoms with Crippen molar-refractivity contribution in [3.8, 4) is 5.88 Å². The number of hydrogen-bond donors (Lipinski definition) is 1. The van der Waals surface area contributed by atoms with Crippen LogP contribution in [0.4, 0.5) is 5.82 Å². The fourth-order valence-electron chi connectivity index (χ4n) is 2.36. The highest BCUT2D eigenvalue weighted by molar-refractivity contribution is 5.32. The second-order valence-corrected chi connectivity index (χ2v) is 5.05. The maximum Gasteiger partial charge on any atom is 0.218 e. The van der Waals surface area contributed by atoms with Crippen LogP contribution in [0.2, 0.25) is 0 Å². The molecule has 2 rings (SSSR count). The van der Waals surface area contributed by atoms with Crippen molar-refractivity contribution in [3.05, 3.63) is 11.9 Å². The van der Waals surface area contributed by atoms with Crippen LogP contribution in [0.1, 0.15) is 38.4 Å². The lowest BCUT2D eigenvalue weighted by Gasteiger charge is -2.26. The number of nitrogens with zero attached hydrogens (tertiary/aromatic N) is 3. The molecule has 0 unspecified atom stereocenters. The Morgan fingerprint density at radius 2 is 2.05 bits per heavy atom. The third-order valence-corrected chi connectivity index (χ3v) is 3.35. The molecule has 19 heavy (non-hydrogen) atoms. The highest BCUT2D eigenvalue weighted by Crippen LogP contribution is 2.13. The van der Waals surface area contributed by atoms with Crippen molar-refractivity contribution in [2.45, 2.75) is 39.0 Å². The molecule has 0 aliphatic carbocycles. The molecule has 2 heterocycles. The fourth-order valence-corrected chi connectivity index (χ4v) is 2.36. The number of ether oxygens (including phenoxy) is 1. The second-order valence-electron chi connectivity index (χ2n) is 5.05. The molecule has 1 aliphatic heterocycles. The zero-order chi connectivity index (χ0) is 13.5. The average molecular weight is 264 g/mol. The van der Waals surface area contributed by atoms with Gasteiger partial charge in [0.15, 0.2) is 0 Å². The molecule has 106 valence electrons. The summed E-state index contributed by atoms with van der Waals surface area (Å²) in [5.41, 5.74) is 5.76. The van der Waals surface area contributed by atoms with Gasteiger partial charge >= 0.3 is 0 Å². The maximum absolute atomic E-state index is 5.76. The van der Waals surface area contributed by atoms with Crippen LogP contribution in [0.3, 0.4) is 0 Å². The standard InChI is InChI=1S/C14H24N4O/c1-2-6-13-16-12(15)11-14(17-13)19-10-9-18-7-4-3-5-8-18/h11H,2-10H2,1H3,(H2,15,16,17). The molecule has 2 N–H and O–H groups in total. The number of piperidine rings is 1. The van der Waals surface area contributed by atoms with E-state index in [9.17, 15) is 0 Å². The summed E-state index contributed by atoms with van der Waals surface area (Å²) in [6.07, 6.45) is 5.83. The molecule has 0 spiro atoms. The predicted molar refractivity (Wildman–Crippen MR) is 76.2 cm³/mol. The summed E-state index contributed by atoms with van der Waals surface area (Å²) in [7, 11) is 0. The summed E-state index contributed by atoms with van der Waals surface area (Å²) < 4.78 is 5.70. The monoisotopic (exact) mass is 264 g/mol. The first-order chi connectivity index (χ1) is 9.28. The Labute approximate surface area is 115 Å². The van der Waals surface area contributed by atoms with E-state index >= 15 is 0 Å². The van der Waals surface area contributed by atoms with E-state index in [1.807, 2.05) is 0 Å². The first kappa shape index (κ1) is 14.1. The zero-order valence-electron chi connectivity index (χ0n) is 11.8. The highest BCUT2D eigenvalue weighted by atomic mass is 16.5. The van der Waals surface area contributed by atoms with Crippen molar-refractivity contribution in [2.24, 2.45) is 0 Å². The van der Waals surface area contributed by atoms with Crippen molar-refractivity contribution >= 4 is 5.82 Å². The van der Waals surface area contributed by atoms with Gasteiger partial charge in [0, 0.05) is 19.0 Å². The van der Waals surface area contributed by atoms with Crippen molar-refractivity contribution in [2.75, 3.05) is 32.0 Å². The third kappa shape index (κ3) is 4.67. The molecule has 0 radical (unpaired) electrons. The van der Waals surface area contributed by atoms with Crippen LogP contribution in [0.25, 0.3) is 0 Å². The van der Waals surface area contributed by atoms with Crippen LogP contribution in [0, 0.1) is 0 Å². The van der Waals surface area contributed by atoms with Gasteiger partial charge < -0.3 is 10.5 Å². The van der Waals surface area contributed by atoms with E-state index in [4.69, 9.17) is 10.5 Å². The van der Waals surface area contributed by atoms with Gasteiger partial charge in [-0.1, -0.05) is 13.3 Å². The van der Waals surface area contributed by atoms with Crippen LogP contribution in [-0.2, 0) is 6.42 Å². The molecule has 0 aromatic carbocycles. The van der Waals surface area contributed by atoms with Gasteiger partial charge in [0.05, 0.1) is 0 Å². The lowest BCUT2D eigenvalue weighted by atomic mass is 10.1. The smallest absolute Gasteiger partial charge is 0.218 e. The SMILES string of the molecule is CCCc1nc(N)cc(OCCN2CCCCC2)n1. The number of nitrogen functional groups attached to an aromatic ring is 1. The Balaban J connectivity index is 1.81. The van der Waals surface area contributed by atoms with Gasteiger partial charge in [0.25, 0.3) is 0 Å². The largest absolute Gasteiger partial charge is 0.476 e. The van der Waals surface area contributed by atoms with Crippen LogP contribution < -0.4 is 10.5 Å². The lowest BCUT2D eigenvalue weighted by molar-refractivity contribution is 0.180. The van der Waals surface area contributed by atoms with E-state index in [0.29, 0.717) is 18.3 Å². The van der Waals surface area contributed by atoms with Crippen molar-refractivity contribution in [3.63, 3.8) is 0 Å². The van der Waals surface area contributed by atoms with Crippen LogP contribution in [0.15, 0.2) is 6.07 Å². The summed E-state index contributed by atoms with van der Waals surface area (Å²) in [5.74, 6) is 1.87. The molecule has 1 fully saturated rings. The van der Waals surface area contributed by atoms with Gasteiger partial charge in [-0.25, -0.2) is 4.98 Å². The van der Waals surface area contributed by atoms with Gasteiger partial charge in [-0.15, -0.1) is 0 Å². The highest BCUT2D eigenvalue weighted by Gasteiger charge is 2.10. The molecule has 1 aliphatic rings. The summed E-state index contributed by atoms with van der Waals surface area (Å²) in [5, 5.41) is 0. The van der Waals surface area contributed by atoms with E-state index in [-0.39, 0.29) is 0 Å². The Hall–Kier alpha value is -1.36. The van der Waals surface area contributed by atoms with Gasteiger partial charge in [-0.05, 0) is 32.4 Å². The summed E-state index contributed by atoms with van der Waals surface area (Å²) >= 11 is 0. The topological polar surface area (TPSA) is 64.3 Å². The molecule has 0 atom stereocenters. The van der Waals surface area contributed by atoms with E-state index in [2.05, 4.69) is 21.8 Å². The average Bonchev–Trinajstić information content (AvgIpc) is 2.40. The molecule has 5 heteroatoms. The summed E-state index contributed by atoms with van der Waals surface area (Å²) in [4.78, 5) is 11.0. The number of hydrogen-bond acceptors (Lipinski definition) is 5. The lowest BCUT2D eigenvalue weighted by Crippen LogP contribution is -2.33. The quantitative estimate of drug-likeness (QED) is 0.850. The Kier molecular flexibility index (Phi) is 5.39. The number of aromatic nitrogens is 2. The van der Waals surface area contributed by atoms with Crippen LogP contribution >= 0.6 is 0 Å². The van der Waals surface area contributed by atoms with Crippen molar-refractivity contribution in [1.82, 2.24) is 14.9 Å². The molecule has 0 bridgehead atoms. The molecular weight excluding hydrogens is 240 g/mol. The number of likely N-dealkylation sites (tertiary alicyclic amines) is 1. The predicted octanol–water partition coefficient (Wildman–Crippen LogP) is 1.88. The van der Waals surface area contributed by atoms with Crippen LogP contribution in [0.5, 0.6) is 5.88 Å². The molecule has 0 amide bonds. The Morgan fingerprint density at radius 3 is 2.79 bits per heavy atom. The van der Waals surface area contributed by atoms with Crippen LogP contribution in [-0.4, -0.2) is 41.1 Å². The van der Waals surface area contributed by atoms with Crippen molar-refractivity contribution < 1.29 is 4.74 Å². The van der Waals surface area contributed by atoms with E-state index < -0.39 is 0 Å². The first-order valence-electron chi connectivity index (χ1n) is 7.26. The number of aryl methyl sites for hydroxylation is 1. The maximum atomic E-state index is 5.76. The third-order valence-electron chi connectivity index (χ3n) is 3.35. The number of anilines is 1. The number of rotatable bonds is 6. The minimum Gasteiger partial charge on any atom is -0.476 e. The zero-order valence-corrected chi connectivity index (χ0v) is 11.8. The fraction of sp³-hybridized carbons (Fsp3) is 0.714. The summed E-state index contributed by atoms with van der Waals surface area (Å²) in [6, 6.07) is 1.70. The summed E-state index contributed by atoms with van der Waals surface area (Å²) in [6.45, 7) is 6.12. The number of nitrogens with two attached hydrogens (primary N) is 1. The molecular formula is C14H24N4O. The normalized spacial score (nSPS) is 16.5. The Bertz CT molecular complexity index is 391. The van der Waals surface area contributed by atoms with Gasteiger partial charge in [0.1, 0.15) is 18.2 Å². The molecule has 1 aromatic heterocycles. The molecule has 5 nitrogen and oxygen atoms in total. The second kappa shape index (κ2) is 7.28. The van der Waals surface area contributed by atoms with Gasteiger partial charge in [-0.2, -0.15) is 4.98 Å². The first-order valence-corrected chi connectivity index (χ1v) is 7.26. The van der Waals surface area contributed by atoms with E-state index in [1.54, 1.807) is 6.07 Å². The van der Waals surface area contributed by atoms with E-state index in [0.717, 1.165) is 25.2 Å². The molecule has 1 aromatic rings.